The van der Waals surface area contributed by atoms with Gasteiger partial charge in [-0.15, -0.1) is 5.48 Å². The summed E-state index contributed by atoms with van der Waals surface area (Å²) in [7, 11) is 0. The quantitative estimate of drug-likeness (QED) is 0.637. The van der Waals surface area contributed by atoms with Crippen LogP contribution in [-0.2, 0) is 4.84 Å². The molecule has 3 heteroatoms. The zero-order valence-corrected chi connectivity index (χ0v) is 7.08. The minimum atomic E-state index is 0.190. The lowest BCUT2D eigenvalue weighted by Crippen LogP contribution is -2.30. The number of nitrogens with zero attached hydrogens (tertiary/aromatic N) is 1. The van der Waals surface area contributed by atoms with Crippen molar-refractivity contribution in [2.24, 2.45) is 4.99 Å². The molecule has 2 aliphatic heterocycles. The Morgan fingerprint density at radius 2 is 2.58 bits per heavy atom. The number of hydroxylamine groups is 1. The predicted molar refractivity (Wildman–Crippen MR) is 47.6 cm³/mol. The summed E-state index contributed by atoms with van der Waals surface area (Å²) in [6.45, 7) is 1.94. The molecule has 0 aromatic rings. The Morgan fingerprint density at radius 3 is 3.17 bits per heavy atom. The Balaban J connectivity index is 2.10. The summed E-state index contributed by atoms with van der Waals surface area (Å²) in [5.41, 5.74) is 4.08. The van der Waals surface area contributed by atoms with Gasteiger partial charge in [-0.25, -0.2) is 0 Å². The summed E-state index contributed by atoms with van der Waals surface area (Å²) >= 11 is 0. The highest BCUT2D eigenvalue weighted by Gasteiger charge is 2.19. The largest absolute Gasteiger partial charge is 0.413 e. The third kappa shape index (κ3) is 1.41. The third-order valence-electron chi connectivity index (χ3n) is 2.02. The Labute approximate surface area is 71.8 Å². The van der Waals surface area contributed by atoms with E-state index in [-0.39, 0.29) is 6.04 Å². The van der Waals surface area contributed by atoms with Gasteiger partial charge in [0, 0.05) is 11.9 Å². The molecular formula is C9H12N2O. The van der Waals surface area contributed by atoms with E-state index in [1.807, 2.05) is 13.1 Å². The molecule has 1 N–H and O–H groups in total. The highest BCUT2D eigenvalue weighted by atomic mass is 16.7. The van der Waals surface area contributed by atoms with Crippen molar-refractivity contribution >= 4 is 5.71 Å². The maximum Gasteiger partial charge on any atom is 0.119 e. The van der Waals surface area contributed by atoms with Gasteiger partial charge in [-0.1, -0.05) is 6.08 Å². The third-order valence-corrected chi connectivity index (χ3v) is 2.02. The molecule has 1 atom stereocenters. The number of aliphatic imine (C=N–C) groups is 1. The van der Waals surface area contributed by atoms with Gasteiger partial charge >= 0.3 is 0 Å². The Morgan fingerprint density at radius 1 is 1.67 bits per heavy atom. The van der Waals surface area contributed by atoms with Crippen LogP contribution < -0.4 is 5.48 Å². The van der Waals surface area contributed by atoms with Crippen LogP contribution in [0.2, 0.25) is 0 Å². The Kier molecular flexibility index (Phi) is 1.96. The summed E-state index contributed by atoms with van der Waals surface area (Å²) in [5.74, 6) is 0.928. The van der Waals surface area contributed by atoms with Crippen molar-refractivity contribution in [1.29, 1.82) is 0 Å². The van der Waals surface area contributed by atoms with Gasteiger partial charge in [0.15, 0.2) is 0 Å². The molecule has 0 aromatic carbocycles. The van der Waals surface area contributed by atoms with Crippen molar-refractivity contribution in [3.63, 3.8) is 0 Å². The van der Waals surface area contributed by atoms with Crippen LogP contribution in [0, 0.1) is 0 Å². The van der Waals surface area contributed by atoms with Crippen molar-refractivity contribution in [2.45, 2.75) is 25.8 Å². The zero-order valence-electron chi connectivity index (χ0n) is 7.08. The van der Waals surface area contributed by atoms with Crippen LogP contribution >= 0.6 is 0 Å². The molecule has 0 saturated heterocycles. The van der Waals surface area contributed by atoms with Gasteiger partial charge in [0.2, 0.25) is 0 Å². The van der Waals surface area contributed by atoms with E-state index in [2.05, 4.69) is 22.6 Å². The van der Waals surface area contributed by atoms with Gasteiger partial charge < -0.3 is 4.84 Å². The van der Waals surface area contributed by atoms with Gasteiger partial charge in [0.25, 0.3) is 0 Å². The van der Waals surface area contributed by atoms with Crippen molar-refractivity contribution in [3.05, 3.63) is 24.1 Å². The number of hydrogen-bond acceptors (Lipinski definition) is 3. The van der Waals surface area contributed by atoms with E-state index in [0.717, 1.165) is 24.3 Å². The number of allylic oxidation sites excluding steroid dienone is 2. The fourth-order valence-electron chi connectivity index (χ4n) is 1.38. The van der Waals surface area contributed by atoms with Crippen LogP contribution in [-0.4, -0.2) is 11.8 Å². The van der Waals surface area contributed by atoms with E-state index in [1.165, 1.54) is 0 Å². The fourth-order valence-corrected chi connectivity index (χ4v) is 1.38. The second kappa shape index (κ2) is 3.11. The normalized spacial score (nSPS) is 27.9. The molecule has 12 heavy (non-hydrogen) atoms. The second-order valence-electron chi connectivity index (χ2n) is 3.02. The number of rotatable bonds is 1. The topological polar surface area (TPSA) is 33.6 Å². The monoisotopic (exact) mass is 164 g/mol. The molecule has 0 saturated carbocycles. The molecule has 0 bridgehead atoms. The van der Waals surface area contributed by atoms with Gasteiger partial charge in [0.1, 0.15) is 11.8 Å². The van der Waals surface area contributed by atoms with E-state index in [1.54, 1.807) is 0 Å². The molecule has 2 heterocycles. The summed E-state index contributed by atoms with van der Waals surface area (Å²) in [5, 5.41) is 0. The SMILES string of the molecule is CC1=CC(C2=NC=CCC2)NO1. The smallest absolute Gasteiger partial charge is 0.119 e. The van der Waals surface area contributed by atoms with Gasteiger partial charge in [-0.05, 0) is 25.8 Å². The summed E-state index contributed by atoms with van der Waals surface area (Å²) in [6.07, 6.45) is 8.11. The van der Waals surface area contributed by atoms with Crippen molar-refractivity contribution in [2.75, 3.05) is 0 Å². The minimum absolute atomic E-state index is 0.190. The molecule has 0 aliphatic carbocycles. The highest BCUT2D eigenvalue weighted by molar-refractivity contribution is 5.92. The molecule has 3 nitrogen and oxygen atoms in total. The van der Waals surface area contributed by atoms with Gasteiger partial charge in [-0.3, -0.25) is 4.99 Å². The first-order valence-electron chi connectivity index (χ1n) is 4.18. The molecule has 0 spiro atoms. The zero-order chi connectivity index (χ0) is 8.39. The summed E-state index contributed by atoms with van der Waals surface area (Å²) in [6, 6.07) is 0.190. The van der Waals surface area contributed by atoms with Gasteiger partial charge in [0.05, 0.1) is 0 Å². The van der Waals surface area contributed by atoms with Crippen LogP contribution in [0.15, 0.2) is 29.1 Å². The van der Waals surface area contributed by atoms with Crippen LogP contribution in [0.25, 0.3) is 0 Å². The van der Waals surface area contributed by atoms with Crippen molar-refractivity contribution in [1.82, 2.24) is 5.48 Å². The van der Waals surface area contributed by atoms with E-state index in [9.17, 15) is 0 Å². The van der Waals surface area contributed by atoms with Crippen LogP contribution in [0.5, 0.6) is 0 Å². The molecule has 64 valence electrons. The van der Waals surface area contributed by atoms with E-state index < -0.39 is 0 Å². The molecule has 0 amide bonds. The molecule has 1 unspecified atom stereocenters. The van der Waals surface area contributed by atoms with Crippen molar-refractivity contribution < 1.29 is 4.84 Å². The van der Waals surface area contributed by atoms with E-state index in [4.69, 9.17) is 4.84 Å². The summed E-state index contributed by atoms with van der Waals surface area (Å²) < 4.78 is 0. The molecule has 0 aromatic heterocycles. The van der Waals surface area contributed by atoms with Gasteiger partial charge in [-0.2, -0.15) is 0 Å². The van der Waals surface area contributed by atoms with E-state index >= 15 is 0 Å². The minimum Gasteiger partial charge on any atom is -0.413 e. The first-order chi connectivity index (χ1) is 5.86. The number of hydrogen-bond donors (Lipinski definition) is 1. The highest BCUT2D eigenvalue weighted by Crippen LogP contribution is 2.13. The average Bonchev–Trinajstić information content (AvgIpc) is 2.54. The first kappa shape index (κ1) is 7.55. The molecule has 2 rings (SSSR count). The maximum absolute atomic E-state index is 5.12. The second-order valence-corrected chi connectivity index (χ2v) is 3.02. The molecule has 2 aliphatic rings. The Hall–Kier alpha value is -1.09. The number of nitrogens with one attached hydrogen (secondary N) is 1. The maximum atomic E-state index is 5.12. The standard InChI is InChI=1S/C9H12N2O/c1-7-6-9(11-12-7)8-4-2-3-5-10-8/h3,5-6,9,11H,2,4H2,1H3. The lowest BCUT2D eigenvalue weighted by atomic mass is 10.1. The summed E-state index contributed by atoms with van der Waals surface area (Å²) in [4.78, 5) is 9.42. The molecule has 0 radical (unpaired) electrons. The first-order valence-corrected chi connectivity index (χ1v) is 4.18. The lowest BCUT2D eigenvalue weighted by Gasteiger charge is -2.11. The fraction of sp³-hybridized carbons (Fsp3) is 0.444. The van der Waals surface area contributed by atoms with Crippen LogP contribution in [0.3, 0.4) is 0 Å². The lowest BCUT2D eigenvalue weighted by molar-refractivity contribution is 0.130. The van der Waals surface area contributed by atoms with E-state index in [0.29, 0.717) is 0 Å². The van der Waals surface area contributed by atoms with Crippen LogP contribution in [0.1, 0.15) is 19.8 Å². The molecule has 0 fully saturated rings. The predicted octanol–water partition coefficient (Wildman–Crippen LogP) is 1.54. The van der Waals surface area contributed by atoms with Crippen molar-refractivity contribution in [3.8, 4) is 0 Å². The van der Waals surface area contributed by atoms with Crippen LogP contribution in [0.4, 0.5) is 0 Å². The Bertz CT molecular complexity index is 266. The average molecular weight is 164 g/mol. The molecular weight excluding hydrogens is 152 g/mol.